The maximum absolute atomic E-state index is 12.5. The third kappa shape index (κ3) is 2.80. The van der Waals surface area contributed by atoms with Gasteiger partial charge in [-0.15, -0.1) is 0 Å². The first-order valence-corrected chi connectivity index (χ1v) is 8.57. The van der Waals surface area contributed by atoms with Crippen LogP contribution in [-0.4, -0.2) is 46.6 Å². The fourth-order valence-corrected chi connectivity index (χ4v) is 3.78. The lowest BCUT2D eigenvalue weighted by Gasteiger charge is -2.36. The Balaban J connectivity index is 1.32. The van der Waals surface area contributed by atoms with E-state index in [2.05, 4.69) is 17.0 Å². The summed E-state index contributed by atoms with van der Waals surface area (Å²) in [6.45, 7) is 3.80. The van der Waals surface area contributed by atoms with Gasteiger partial charge in [-0.3, -0.25) is 9.47 Å². The van der Waals surface area contributed by atoms with Gasteiger partial charge in [-0.25, -0.2) is 4.79 Å². The summed E-state index contributed by atoms with van der Waals surface area (Å²) in [5.41, 5.74) is 2.42. The van der Waals surface area contributed by atoms with E-state index in [1.165, 1.54) is 5.56 Å². The molecule has 5 heteroatoms. The molecule has 2 aromatic rings. The van der Waals surface area contributed by atoms with Crippen molar-refractivity contribution in [1.82, 2.24) is 14.4 Å². The number of methoxy groups -OCH3 is 1. The van der Waals surface area contributed by atoms with Gasteiger partial charge in [0.2, 0.25) is 0 Å². The predicted molar refractivity (Wildman–Crippen MR) is 92.1 cm³/mol. The molecule has 126 valence electrons. The van der Waals surface area contributed by atoms with Crippen LogP contribution < -0.4 is 4.74 Å². The van der Waals surface area contributed by atoms with Gasteiger partial charge in [-0.05, 0) is 42.7 Å². The third-order valence-electron chi connectivity index (χ3n) is 5.18. The molecule has 1 amide bonds. The van der Waals surface area contributed by atoms with E-state index in [1.54, 1.807) is 11.7 Å². The summed E-state index contributed by atoms with van der Waals surface area (Å²) in [5, 5.41) is 0. The summed E-state index contributed by atoms with van der Waals surface area (Å²) in [6, 6.07) is 12.8. The highest BCUT2D eigenvalue weighted by Gasteiger charge is 2.33. The summed E-state index contributed by atoms with van der Waals surface area (Å²) in [5.74, 6) is 0.897. The monoisotopic (exact) mass is 325 g/mol. The highest BCUT2D eigenvalue weighted by molar-refractivity contribution is 5.80. The van der Waals surface area contributed by atoms with E-state index in [9.17, 15) is 4.79 Å². The zero-order valence-corrected chi connectivity index (χ0v) is 14.0. The molecule has 0 radical (unpaired) electrons. The molecule has 0 saturated carbocycles. The Morgan fingerprint density at radius 2 is 1.88 bits per heavy atom. The molecule has 0 N–H and O–H groups in total. The van der Waals surface area contributed by atoms with Crippen molar-refractivity contribution < 1.29 is 9.53 Å². The van der Waals surface area contributed by atoms with Crippen molar-refractivity contribution in [3.8, 4) is 5.75 Å². The molecule has 4 rings (SSSR count). The van der Waals surface area contributed by atoms with Crippen LogP contribution in [0.5, 0.6) is 5.75 Å². The number of amides is 1. The number of ether oxygens (including phenoxy) is 1. The minimum absolute atomic E-state index is 0.142. The zero-order valence-electron chi connectivity index (χ0n) is 14.0. The third-order valence-corrected chi connectivity index (χ3v) is 5.18. The summed E-state index contributed by atoms with van der Waals surface area (Å²) < 4.78 is 6.99. The fraction of sp³-hybridized carbons (Fsp3) is 0.421. The largest absolute Gasteiger partial charge is 0.497 e. The number of carbonyl (C=O) groups excluding carboxylic acids is 1. The van der Waals surface area contributed by atoms with Gasteiger partial charge < -0.3 is 9.64 Å². The summed E-state index contributed by atoms with van der Waals surface area (Å²) in [6.07, 6.45) is 3.97. The summed E-state index contributed by atoms with van der Waals surface area (Å²) in [7, 11) is 1.69. The van der Waals surface area contributed by atoms with Gasteiger partial charge in [0.05, 0.1) is 13.7 Å². The second-order valence-electron chi connectivity index (χ2n) is 6.64. The minimum Gasteiger partial charge on any atom is -0.497 e. The minimum atomic E-state index is 0.142. The van der Waals surface area contributed by atoms with Crippen molar-refractivity contribution in [1.29, 1.82) is 0 Å². The molecule has 2 aliphatic rings. The molecule has 2 aliphatic heterocycles. The van der Waals surface area contributed by atoms with Crippen molar-refractivity contribution >= 4 is 6.03 Å². The molecule has 0 spiro atoms. The molecule has 1 fully saturated rings. The number of hydrogen-bond donors (Lipinski definition) is 0. The number of rotatable bonds is 4. The molecule has 1 saturated heterocycles. The summed E-state index contributed by atoms with van der Waals surface area (Å²) >= 11 is 0. The Morgan fingerprint density at radius 1 is 1.12 bits per heavy atom. The smallest absolute Gasteiger partial charge is 0.329 e. The maximum atomic E-state index is 12.5. The van der Waals surface area contributed by atoms with Crippen LogP contribution in [0.1, 0.15) is 24.1 Å². The SMILES string of the molecule is COc1ccc(CN2CCC(N3Cc4cccn4C3=O)CC2)cc1. The topological polar surface area (TPSA) is 37.7 Å². The second-order valence-corrected chi connectivity index (χ2v) is 6.64. The number of aromatic nitrogens is 1. The normalized spacial score (nSPS) is 18.9. The van der Waals surface area contributed by atoms with Gasteiger partial charge in [0.25, 0.3) is 0 Å². The van der Waals surface area contributed by atoms with Crippen LogP contribution in [-0.2, 0) is 13.1 Å². The van der Waals surface area contributed by atoms with Gasteiger partial charge in [-0.1, -0.05) is 12.1 Å². The highest BCUT2D eigenvalue weighted by Crippen LogP contribution is 2.26. The number of benzene rings is 1. The van der Waals surface area contributed by atoms with E-state index >= 15 is 0 Å². The van der Waals surface area contributed by atoms with Gasteiger partial charge >= 0.3 is 6.03 Å². The van der Waals surface area contributed by atoms with Crippen LogP contribution in [0, 0.1) is 0 Å². The van der Waals surface area contributed by atoms with Gasteiger partial charge in [0.1, 0.15) is 5.75 Å². The van der Waals surface area contributed by atoms with E-state index in [-0.39, 0.29) is 6.03 Å². The second kappa shape index (κ2) is 6.32. The number of piperidine rings is 1. The highest BCUT2D eigenvalue weighted by atomic mass is 16.5. The molecular weight excluding hydrogens is 302 g/mol. The lowest BCUT2D eigenvalue weighted by molar-refractivity contribution is 0.123. The maximum Gasteiger partial charge on any atom is 0.329 e. The lowest BCUT2D eigenvalue weighted by Crippen LogP contribution is -2.45. The standard InChI is InChI=1S/C19H23N3O2/c1-24-18-6-4-15(5-7-18)13-20-11-8-16(9-12-20)22-14-17-3-2-10-21(17)19(22)23/h2-7,10,16H,8-9,11-14H2,1H3. The van der Waals surface area contributed by atoms with Crippen molar-refractivity contribution in [3.05, 3.63) is 53.9 Å². The van der Waals surface area contributed by atoms with Crippen molar-refractivity contribution in [2.45, 2.75) is 32.0 Å². The Morgan fingerprint density at radius 3 is 2.54 bits per heavy atom. The van der Waals surface area contributed by atoms with Crippen LogP contribution in [0.25, 0.3) is 0 Å². The van der Waals surface area contributed by atoms with Gasteiger partial charge in [0, 0.05) is 37.6 Å². The van der Waals surface area contributed by atoms with E-state index < -0.39 is 0 Å². The van der Waals surface area contributed by atoms with E-state index in [1.807, 2.05) is 35.4 Å². The van der Waals surface area contributed by atoms with E-state index in [4.69, 9.17) is 4.74 Å². The molecule has 0 atom stereocenters. The Hall–Kier alpha value is -2.27. The predicted octanol–water partition coefficient (Wildman–Crippen LogP) is 2.95. The molecule has 3 heterocycles. The average molecular weight is 325 g/mol. The van der Waals surface area contributed by atoms with Crippen molar-refractivity contribution in [2.75, 3.05) is 20.2 Å². The molecule has 1 aromatic heterocycles. The molecular formula is C19H23N3O2. The first kappa shape index (κ1) is 15.3. The Bertz CT molecular complexity index is 714. The molecule has 0 unspecified atom stereocenters. The molecule has 24 heavy (non-hydrogen) atoms. The molecule has 0 bridgehead atoms. The number of fused-ring (bicyclic) bond motifs is 1. The van der Waals surface area contributed by atoms with E-state index in [0.717, 1.165) is 50.5 Å². The van der Waals surface area contributed by atoms with Crippen LogP contribution in [0.3, 0.4) is 0 Å². The number of carbonyl (C=O) groups is 1. The molecule has 1 aromatic carbocycles. The van der Waals surface area contributed by atoms with E-state index in [0.29, 0.717) is 6.04 Å². The van der Waals surface area contributed by atoms with Crippen molar-refractivity contribution in [3.63, 3.8) is 0 Å². The summed E-state index contributed by atoms with van der Waals surface area (Å²) in [4.78, 5) is 17.0. The average Bonchev–Trinajstić information content (AvgIpc) is 3.20. The lowest BCUT2D eigenvalue weighted by atomic mass is 10.0. The first-order chi connectivity index (χ1) is 11.7. The number of nitrogens with zero attached hydrogens (tertiary/aromatic N) is 3. The Kier molecular flexibility index (Phi) is 4.02. The zero-order chi connectivity index (χ0) is 16.5. The van der Waals surface area contributed by atoms with Gasteiger partial charge in [-0.2, -0.15) is 0 Å². The van der Waals surface area contributed by atoms with Crippen LogP contribution in [0.15, 0.2) is 42.6 Å². The van der Waals surface area contributed by atoms with Crippen LogP contribution >= 0.6 is 0 Å². The van der Waals surface area contributed by atoms with Crippen LogP contribution in [0.2, 0.25) is 0 Å². The quantitative estimate of drug-likeness (QED) is 0.867. The van der Waals surface area contributed by atoms with Gasteiger partial charge in [0.15, 0.2) is 0 Å². The fourth-order valence-electron chi connectivity index (χ4n) is 3.78. The molecule has 0 aliphatic carbocycles. The number of likely N-dealkylation sites (tertiary alicyclic amines) is 1. The first-order valence-electron chi connectivity index (χ1n) is 8.57. The van der Waals surface area contributed by atoms with Crippen molar-refractivity contribution in [2.24, 2.45) is 0 Å². The van der Waals surface area contributed by atoms with Crippen LogP contribution in [0.4, 0.5) is 4.79 Å². The Labute approximate surface area is 142 Å². The molecule has 5 nitrogen and oxygen atoms in total. The number of hydrogen-bond acceptors (Lipinski definition) is 3.